The number of nitrogens with one attached hydrogen (secondary N) is 1. The van der Waals surface area contributed by atoms with Crippen molar-refractivity contribution in [3.05, 3.63) is 47.5 Å². The second-order valence-corrected chi connectivity index (χ2v) is 6.77. The van der Waals surface area contributed by atoms with E-state index in [0.29, 0.717) is 28.6 Å². The second kappa shape index (κ2) is 5.53. The molecule has 0 saturated carbocycles. The SMILES string of the molecule is COC1NC(=O)c2c1cc1ccc3c(c1c2-c1ccc2c(c1)OCO2)OCO3. The lowest BCUT2D eigenvalue weighted by atomic mass is 9.89. The van der Waals surface area contributed by atoms with Gasteiger partial charge in [-0.05, 0) is 35.2 Å². The largest absolute Gasteiger partial charge is 0.454 e. The van der Waals surface area contributed by atoms with Crippen molar-refractivity contribution in [2.24, 2.45) is 0 Å². The topological polar surface area (TPSA) is 75.3 Å². The summed E-state index contributed by atoms with van der Waals surface area (Å²) in [5.74, 6) is 2.45. The Balaban J connectivity index is 1.73. The molecule has 3 aliphatic heterocycles. The minimum atomic E-state index is -0.495. The second-order valence-electron chi connectivity index (χ2n) is 6.77. The monoisotopic (exact) mass is 377 g/mol. The van der Waals surface area contributed by atoms with Crippen LogP contribution in [0.3, 0.4) is 0 Å². The van der Waals surface area contributed by atoms with Crippen molar-refractivity contribution in [1.82, 2.24) is 5.32 Å². The van der Waals surface area contributed by atoms with E-state index in [0.717, 1.165) is 27.5 Å². The first-order chi connectivity index (χ1) is 13.7. The first-order valence-electron chi connectivity index (χ1n) is 8.87. The van der Waals surface area contributed by atoms with Crippen LogP contribution in [0.15, 0.2) is 36.4 Å². The number of carbonyl (C=O) groups is 1. The Labute approximate surface area is 159 Å². The van der Waals surface area contributed by atoms with Gasteiger partial charge in [0.05, 0.1) is 5.56 Å². The summed E-state index contributed by atoms with van der Waals surface area (Å²) in [5, 5.41) is 4.66. The summed E-state index contributed by atoms with van der Waals surface area (Å²) in [5.41, 5.74) is 2.97. The molecular formula is C21H15NO6. The fraction of sp³-hybridized carbons (Fsp3) is 0.190. The third kappa shape index (κ3) is 1.99. The van der Waals surface area contributed by atoms with Crippen LogP contribution in [0, 0.1) is 0 Å². The molecule has 3 aromatic rings. The van der Waals surface area contributed by atoms with Gasteiger partial charge in [0.15, 0.2) is 29.2 Å². The smallest absolute Gasteiger partial charge is 0.254 e. The molecule has 1 unspecified atom stereocenters. The van der Waals surface area contributed by atoms with Crippen molar-refractivity contribution in [2.45, 2.75) is 6.23 Å². The van der Waals surface area contributed by atoms with Crippen LogP contribution in [-0.2, 0) is 4.74 Å². The summed E-state index contributed by atoms with van der Waals surface area (Å²) in [6, 6.07) is 11.5. The predicted molar refractivity (Wildman–Crippen MR) is 98.8 cm³/mol. The van der Waals surface area contributed by atoms with Crippen LogP contribution in [0.5, 0.6) is 23.0 Å². The minimum absolute atomic E-state index is 0.152. The Morgan fingerprint density at radius 3 is 2.61 bits per heavy atom. The van der Waals surface area contributed by atoms with Crippen molar-refractivity contribution >= 4 is 16.7 Å². The lowest BCUT2D eigenvalue weighted by Crippen LogP contribution is -2.20. The van der Waals surface area contributed by atoms with Crippen LogP contribution >= 0.6 is 0 Å². The average molecular weight is 377 g/mol. The highest BCUT2D eigenvalue weighted by molar-refractivity contribution is 6.15. The van der Waals surface area contributed by atoms with Gasteiger partial charge in [0.25, 0.3) is 5.91 Å². The maximum absolute atomic E-state index is 12.9. The average Bonchev–Trinajstić information content (AvgIpc) is 3.44. The Morgan fingerprint density at radius 2 is 1.71 bits per heavy atom. The normalized spacial score (nSPS) is 18.5. The molecule has 7 nitrogen and oxygen atoms in total. The quantitative estimate of drug-likeness (QED) is 0.738. The molecule has 140 valence electrons. The van der Waals surface area contributed by atoms with Gasteiger partial charge in [0, 0.05) is 23.6 Å². The summed E-state index contributed by atoms with van der Waals surface area (Å²) in [6.07, 6.45) is -0.495. The molecule has 28 heavy (non-hydrogen) atoms. The van der Waals surface area contributed by atoms with E-state index in [1.165, 1.54) is 0 Å². The van der Waals surface area contributed by atoms with Crippen LogP contribution in [0.25, 0.3) is 21.9 Å². The molecule has 1 amide bonds. The van der Waals surface area contributed by atoms with E-state index in [-0.39, 0.29) is 19.5 Å². The first kappa shape index (κ1) is 15.6. The Hall–Kier alpha value is -3.45. The summed E-state index contributed by atoms with van der Waals surface area (Å²) in [7, 11) is 1.57. The van der Waals surface area contributed by atoms with Crippen molar-refractivity contribution in [3.63, 3.8) is 0 Å². The number of benzene rings is 3. The molecule has 1 atom stereocenters. The zero-order valence-corrected chi connectivity index (χ0v) is 14.9. The van der Waals surface area contributed by atoms with Crippen LogP contribution in [0.2, 0.25) is 0 Å². The molecule has 3 aliphatic rings. The summed E-state index contributed by atoms with van der Waals surface area (Å²) < 4.78 is 27.8. The molecule has 1 N–H and O–H groups in total. The molecule has 6 rings (SSSR count). The van der Waals surface area contributed by atoms with E-state index in [2.05, 4.69) is 5.32 Å². The van der Waals surface area contributed by atoms with Crippen LogP contribution in [0.4, 0.5) is 0 Å². The maximum Gasteiger partial charge on any atom is 0.254 e. The summed E-state index contributed by atoms with van der Waals surface area (Å²) in [4.78, 5) is 12.9. The van der Waals surface area contributed by atoms with Gasteiger partial charge in [-0.2, -0.15) is 0 Å². The van der Waals surface area contributed by atoms with Gasteiger partial charge in [-0.1, -0.05) is 12.1 Å². The van der Waals surface area contributed by atoms with Crippen molar-refractivity contribution in [2.75, 3.05) is 20.7 Å². The minimum Gasteiger partial charge on any atom is -0.454 e. The summed E-state index contributed by atoms with van der Waals surface area (Å²) in [6.45, 7) is 0.337. The Bertz CT molecular complexity index is 1170. The lowest BCUT2D eigenvalue weighted by molar-refractivity contribution is 0.0666. The fourth-order valence-corrected chi connectivity index (χ4v) is 4.12. The van der Waals surface area contributed by atoms with Crippen LogP contribution < -0.4 is 24.3 Å². The highest BCUT2D eigenvalue weighted by Crippen LogP contribution is 2.49. The van der Waals surface area contributed by atoms with Gasteiger partial charge < -0.3 is 29.0 Å². The number of methoxy groups -OCH3 is 1. The van der Waals surface area contributed by atoms with Crippen molar-refractivity contribution in [3.8, 4) is 34.1 Å². The molecule has 0 spiro atoms. The number of ether oxygens (including phenoxy) is 5. The van der Waals surface area contributed by atoms with E-state index in [1.807, 2.05) is 36.4 Å². The molecular weight excluding hydrogens is 362 g/mol. The third-order valence-corrected chi connectivity index (χ3v) is 5.34. The van der Waals surface area contributed by atoms with Gasteiger partial charge in [0.2, 0.25) is 13.6 Å². The van der Waals surface area contributed by atoms with Gasteiger partial charge in [-0.3, -0.25) is 4.79 Å². The number of fused-ring (bicyclic) bond motifs is 5. The highest BCUT2D eigenvalue weighted by Gasteiger charge is 2.35. The number of rotatable bonds is 2. The van der Waals surface area contributed by atoms with Crippen LogP contribution in [-0.4, -0.2) is 26.6 Å². The van der Waals surface area contributed by atoms with E-state index in [4.69, 9.17) is 23.7 Å². The van der Waals surface area contributed by atoms with Gasteiger partial charge in [-0.15, -0.1) is 0 Å². The van der Waals surface area contributed by atoms with Crippen molar-refractivity contribution < 1.29 is 28.5 Å². The molecule has 0 fully saturated rings. The highest BCUT2D eigenvalue weighted by atomic mass is 16.7. The number of hydrogen-bond acceptors (Lipinski definition) is 6. The van der Waals surface area contributed by atoms with Gasteiger partial charge in [0.1, 0.15) is 0 Å². The molecule has 0 radical (unpaired) electrons. The molecule has 3 aromatic carbocycles. The Kier molecular flexibility index (Phi) is 3.08. The number of carbonyl (C=O) groups excluding carboxylic acids is 1. The molecule has 0 aliphatic carbocycles. The van der Waals surface area contributed by atoms with E-state index in [9.17, 15) is 4.79 Å². The molecule has 0 bridgehead atoms. The van der Waals surface area contributed by atoms with Crippen molar-refractivity contribution in [1.29, 1.82) is 0 Å². The summed E-state index contributed by atoms with van der Waals surface area (Å²) >= 11 is 0. The molecule has 0 aromatic heterocycles. The molecule has 3 heterocycles. The number of amides is 1. The van der Waals surface area contributed by atoms with Gasteiger partial charge in [-0.25, -0.2) is 0 Å². The fourth-order valence-electron chi connectivity index (χ4n) is 4.12. The maximum atomic E-state index is 12.9. The lowest BCUT2D eigenvalue weighted by Gasteiger charge is -2.15. The standard InChI is InChI=1S/C21H15NO6/c1-24-21-12-6-10-3-5-14-19(28-9-26-14)17(10)16(18(12)20(23)22-21)11-2-4-13-15(7-11)27-8-25-13/h2-7,21H,8-9H2,1H3,(H,22,23). The zero-order valence-electron chi connectivity index (χ0n) is 14.9. The van der Waals surface area contributed by atoms with Gasteiger partial charge >= 0.3 is 0 Å². The first-order valence-corrected chi connectivity index (χ1v) is 8.87. The van der Waals surface area contributed by atoms with E-state index in [1.54, 1.807) is 7.11 Å². The predicted octanol–water partition coefficient (Wildman–Crippen LogP) is 3.35. The van der Waals surface area contributed by atoms with Crippen LogP contribution in [0.1, 0.15) is 22.1 Å². The number of hydrogen-bond donors (Lipinski definition) is 1. The third-order valence-electron chi connectivity index (χ3n) is 5.34. The molecule has 7 heteroatoms. The Morgan fingerprint density at radius 1 is 0.929 bits per heavy atom. The van der Waals surface area contributed by atoms with E-state index < -0.39 is 6.23 Å². The molecule has 0 saturated heterocycles. The van der Waals surface area contributed by atoms with E-state index >= 15 is 0 Å². The zero-order chi connectivity index (χ0) is 18.8.